The number of halogens is 2. The van der Waals surface area contributed by atoms with Crippen molar-refractivity contribution in [3.05, 3.63) is 32.7 Å². The molecule has 0 aliphatic carbocycles. The van der Waals surface area contributed by atoms with Gasteiger partial charge in [0.1, 0.15) is 0 Å². The first kappa shape index (κ1) is 18.1. The third kappa shape index (κ3) is 6.70. The maximum Gasteiger partial charge on any atom is 0.0471 e. The van der Waals surface area contributed by atoms with Gasteiger partial charge in [0.15, 0.2) is 0 Å². The Morgan fingerprint density at radius 3 is 2.35 bits per heavy atom. The SMILES string of the molecule is CCCCCCCCCC(NN)c1cc(Br)ccc1Br. The lowest BCUT2D eigenvalue weighted by molar-refractivity contribution is 0.474. The van der Waals surface area contributed by atoms with E-state index in [0.717, 1.165) is 15.4 Å². The third-order valence-electron chi connectivity index (χ3n) is 3.63. The molecule has 1 aromatic carbocycles. The van der Waals surface area contributed by atoms with Gasteiger partial charge in [0.05, 0.1) is 0 Å². The van der Waals surface area contributed by atoms with Crippen LogP contribution in [0.5, 0.6) is 0 Å². The fourth-order valence-corrected chi connectivity index (χ4v) is 3.32. The number of unbranched alkanes of at least 4 members (excludes halogenated alkanes) is 6. The lowest BCUT2D eigenvalue weighted by atomic mass is 10.00. The fraction of sp³-hybridized carbons (Fsp3) is 0.625. The molecule has 0 aromatic heterocycles. The predicted octanol–water partition coefficient (Wildman–Crippen LogP) is 5.86. The normalized spacial score (nSPS) is 12.6. The van der Waals surface area contributed by atoms with Crippen LogP contribution in [0, 0.1) is 0 Å². The van der Waals surface area contributed by atoms with Gasteiger partial charge in [-0.1, -0.05) is 83.7 Å². The summed E-state index contributed by atoms with van der Waals surface area (Å²) in [6.45, 7) is 2.26. The summed E-state index contributed by atoms with van der Waals surface area (Å²) in [7, 11) is 0. The number of rotatable bonds is 10. The van der Waals surface area contributed by atoms with Crippen LogP contribution in [-0.2, 0) is 0 Å². The Morgan fingerprint density at radius 1 is 1.05 bits per heavy atom. The van der Waals surface area contributed by atoms with Gasteiger partial charge >= 0.3 is 0 Å². The van der Waals surface area contributed by atoms with Crippen molar-refractivity contribution in [3.63, 3.8) is 0 Å². The van der Waals surface area contributed by atoms with Crippen LogP contribution in [0.3, 0.4) is 0 Å². The molecule has 20 heavy (non-hydrogen) atoms. The summed E-state index contributed by atoms with van der Waals surface area (Å²) >= 11 is 7.13. The minimum absolute atomic E-state index is 0.220. The van der Waals surface area contributed by atoms with Crippen molar-refractivity contribution < 1.29 is 0 Å². The third-order valence-corrected chi connectivity index (χ3v) is 4.85. The van der Waals surface area contributed by atoms with Gasteiger partial charge in [-0.3, -0.25) is 11.3 Å². The maximum atomic E-state index is 5.72. The Bertz CT molecular complexity index is 383. The highest BCUT2D eigenvalue weighted by Gasteiger charge is 2.13. The first-order chi connectivity index (χ1) is 9.69. The summed E-state index contributed by atoms with van der Waals surface area (Å²) in [5.74, 6) is 5.72. The first-order valence-electron chi connectivity index (χ1n) is 7.60. The molecule has 0 aliphatic rings. The highest BCUT2D eigenvalue weighted by atomic mass is 79.9. The van der Waals surface area contributed by atoms with E-state index in [-0.39, 0.29) is 6.04 Å². The first-order valence-corrected chi connectivity index (χ1v) is 9.18. The Morgan fingerprint density at radius 2 is 1.70 bits per heavy atom. The molecule has 0 bridgehead atoms. The van der Waals surface area contributed by atoms with Crippen LogP contribution in [0.2, 0.25) is 0 Å². The number of hydrogen-bond acceptors (Lipinski definition) is 2. The van der Waals surface area contributed by atoms with Crippen LogP contribution in [0.1, 0.15) is 69.9 Å². The molecule has 1 rings (SSSR count). The van der Waals surface area contributed by atoms with Gasteiger partial charge in [-0.05, 0) is 30.2 Å². The Labute approximate surface area is 140 Å². The fourth-order valence-electron chi connectivity index (χ4n) is 2.42. The largest absolute Gasteiger partial charge is 0.271 e. The zero-order valence-corrected chi connectivity index (χ0v) is 15.5. The molecule has 0 spiro atoms. The molecule has 3 N–H and O–H groups in total. The predicted molar refractivity (Wildman–Crippen MR) is 94.5 cm³/mol. The lowest BCUT2D eigenvalue weighted by Gasteiger charge is -2.18. The minimum atomic E-state index is 0.220. The van der Waals surface area contributed by atoms with E-state index in [2.05, 4.69) is 56.3 Å². The number of nitrogens with two attached hydrogens (primary N) is 1. The van der Waals surface area contributed by atoms with Crippen molar-refractivity contribution in [1.29, 1.82) is 0 Å². The van der Waals surface area contributed by atoms with E-state index in [1.807, 2.05) is 6.07 Å². The van der Waals surface area contributed by atoms with Crippen molar-refractivity contribution in [2.45, 2.75) is 64.3 Å². The number of nitrogens with one attached hydrogen (secondary N) is 1. The average Bonchev–Trinajstić information content (AvgIpc) is 2.45. The quantitative estimate of drug-likeness (QED) is 0.290. The van der Waals surface area contributed by atoms with Crippen LogP contribution in [0.25, 0.3) is 0 Å². The second-order valence-corrected chi connectivity index (χ2v) is 7.07. The molecule has 114 valence electrons. The summed E-state index contributed by atoms with van der Waals surface area (Å²) in [6.07, 6.45) is 10.4. The molecule has 0 heterocycles. The molecule has 0 fully saturated rings. The number of hydrazine groups is 1. The van der Waals surface area contributed by atoms with Crippen molar-refractivity contribution >= 4 is 31.9 Å². The molecule has 0 radical (unpaired) electrons. The van der Waals surface area contributed by atoms with Crippen molar-refractivity contribution in [3.8, 4) is 0 Å². The minimum Gasteiger partial charge on any atom is -0.271 e. The zero-order valence-electron chi connectivity index (χ0n) is 12.3. The van der Waals surface area contributed by atoms with E-state index < -0.39 is 0 Å². The summed E-state index contributed by atoms with van der Waals surface area (Å²) in [5, 5.41) is 0. The van der Waals surface area contributed by atoms with E-state index in [0.29, 0.717) is 0 Å². The van der Waals surface area contributed by atoms with E-state index in [4.69, 9.17) is 5.84 Å². The standard InChI is InChI=1S/C16H26Br2N2/c1-2-3-4-5-6-7-8-9-16(20-19)14-12-13(17)10-11-15(14)18/h10-12,16,20H,2-9,19H2,1H3. The topological polar surface area (TPSA) is 38.0 Å². The van der Waals surface area contributed by atoms with Crippen LogP contribution in [-0.4, -0.2) is 0 Å². The zero-order chi connectivity index (χ0) is 14.8. The van der Waals surface area contributed by atoms with Gasteiger partial charge in [-0.25, -0.2) is 0 Å². The molecule has 0 saturated heterocycles. The summed E-state index contributed by atoms with van der Waals surface area (Å²) in [5.41, 5.74) is 4.18. The molecule has 1 atom stereocenters. The maximum absolute atomic E-state index is 5.72. The van der Waals surface area contributed by atoms with E-state index in [9.17, 15) is 0 Å². The molecule has 2 nitrogen and oxygen atoms in total. The second-order valence-electron chi connectivity index (χ2n) is 5.30. The smallest absolute Gasteiger partial charge is 0.0471 e. The highest BCUT2D eigenvalue weighted by Crippen LogP contribution is 2.29. The molecular weight excluding hydrogens is 380 g/mol. The second kappa shape index (κ2) is 10.8. The van der Waals surface area contributed by atoms with Crippen molar-refractivity contribution in [1.82, 2.24) is 5.43 Å². The average molecular weight is 406 g/mol. The lowest BCUT2D eigenvalue weighted by Crippen LogP contribution is -2.28. The van der Waals surface area contributed by atoms with Crippen molar-refractivity contribution in [2.75, 3.05) is 0 Å². The molecule has 0 saturated carbocycles. The van der Waals surface area contributed by atoms with Crippen LogP contribution >= 0.6 is 31.9 Å². The molecular formula is C16H26Br2N2. The van der Waals surface area contributed by atoms with Gasteiger partial charge in [0, 0.05) is 15.0 Å². The van der Waals surface area contributed by atoms with E-state index >= 15 is 0 Å². The summed E-state index contributed by atoms with van der Waals surface area (Å²) in [4.78, 5) is 0. The molecule has 0 amide bonds. The Hall–Kier alpha value is 0.1000. The van der Waals surface area contributed by atoms with Crippen LogP contribution in [0.4, 0.5) is 0 Å². The molecule has 1 aromatic rings. The Balaban J connectivity index is 2.34. The van der Waals surface area contributed by atoms with E-state index in [1.54, 1.807) is 0 Å². The van der Waals surface area contributed by atoms with Gasteiger partial charge in [0.25, 0.3) is 0 Å². The highest BCUT2D eigenvalue weighted by molar-refractivity contribution is 9.11. The van der Waals surface area contributed by atoms with Crippen LogP contribution < -0.4 is 11.3 Å². The number of benzene rings is 1. The van der Waals surface area contributed by atoms with Gasteiger partial charge in [-0.2, -0.15) is 0 Å². The molecule has 1 unspecified atom stereocenters. The monoisotopic (exact) mass is 404 g/mol. The summed E-state index contributed by atoms with van der Waals surface area (Å²) in [6, 6.07) is 6.46. The van der Waals surface area contributed by atoms with Gasteiger partial charge in [0.2, 0.25) is 0 Å². The Kier molecular flexibility index (Phi) is 9.78. The van der Waals surface area contributed by atoms with Crippen LogP contribution in [0.15, 0.2) is 27.1 Å². The van der Waals surface area contributed by atoms with Gasteiger partial charge < -0.3 is 0 Å². The summed E-state index contributed by atoms with van der Waals surface area (Å²) < 4.78 is 2.21. The number of hydrogen-bond donors (Lipinski definition) is 2. The van der Waals surface area contributed by atoms with E-state index in [1.165, 1.54) is 50.5 Å². The molecule has 0 aliphatic heterocycles. The molecule has 4 heteroatoms. The van der Waals surface area contributed by atoms with Crippen molar-refractivity contribution in [2.24, 2.45) is 5.84 Å². The van der Waals surface area contributed by atoms with Gasteiger partial charge in [-0.15, -0.1) is 0 Å².